The molecule has 3 rings (SSSR count). The van der Waals surface area contributed by atoms with Crippen molar-refractivity contribution < 1.29 is 9.47 Å². The van der Waals surface area contributed by atoms with Gasteiger partial charge in [-0.3, -0.25) is 0 Å². The highest BCUT2D eigenvalue weighted by molar-refractivity contribution is 5.31. The van der Waals surface area contributed by atoms with Crippen LogP contribution in [0.25, 0.3) is 0 Å². The Bertz CT molecular complexity index is 429. The molecule has 1 saturated heterocycles. The summed E-state index contributed by atoms with van der Waals surface area (Å²) in [6.45, 7) is 1.73. The van der Waals surface area contributed by atoms with Crippen LogP contribution in [-0.4, -0.2) is 25.4 Å². The van der Waals surface area contributed by atoms with Crippen molar-refractivity contribution in [2.75, 3.05) is 13.2 Å². The van der Waals surface area contributed by atoms with Crippen LogP contribution < -0.4 is 5.73 Å². The number of hydrogen-bond acceptors (Lipinski definition) is 3. The minimum atomic E-state index is 0.0736. The molecule has 2 N–H and O–H groups in total. The van der Waals surface area contributed by atoms with E-state index in [4.69, 9.17) is 15.2 Å². The summed E-state index contributed by atoms with van der Waals surface area (Å²) in [6.07, 6.45) is 7.28. The molecule has 3 heteroatoms. The number of nitrogens with two attached hydrogens (primary N) is 1. The largest absolute Gasteiger partial charge is 0.378 e. The van der Waals surface area contributed by atoms with E-state index >= 15 is 0 Å². The van der Waals surface area contributed by atoms with E-state index < -0.39 is 0 Å². The molecule has 0 amide bonds. The highest BCUT2D eigenvalue weighted by Gasteiger charge is 2.26. The molecule has 0 aromatic heterocycles. The maximum Gasteiger partial charge on any atom is 0.0978 e. The maximum absolute atomic E-state index is 6.38. The van der Waals surface area contributed by atoms with Gasteiger partial charge in [-0.05, 0) is 49.7 Å². The van der Waals surface area contributed by atoms with E-state index in [1.807, 2.05) is 0 Å². The fourth-order valence-corrected chi connectivity index (χ4v) is 3.38. The second-order valence-corrected chi connectivity index (χ2v) is 5.97. The van der Waals surface area contributed by atoms with Crippen molar-refractivity contribution in [3.05, 3.63) is 35.4 Å². The van der Waals surface area contributed by atoms with Crippen LogP contribution in [-0.2, 0) is 15.9 Å². The monoisotopic (exact) mass is 275 g/mol. The second kappa shape index (κ2) is 6.70. The molecule has 3 unspecified atom stereocenters. The van der Waals surface area contributed by atoms with Crippen LogP contribution >= 0.6 is 0 Å². The molecule has 20 heavy (non-hydrogen) atoms. The molecule has 2 heterocycles. The lowest BCUT2D eigenvalue weighted by molar-refractivity contribution is 0.0209. The summed E-state index contributed by atoms with van der Waals surface area (Å²) in [6, 6.07) is 8.64. The number of rotatable bonds is 5. The molecule has 3 nitrogen and oxygen atoms in total. The Morgan fingerprint density at radius 2 is 2.10 bits per heavy atom. The minimum absolute atomic E-state index is 0.0736. The molecule has 110 valence electrons. The van der Waals surface area contributed by atoms with Crippen LogP contribution in [0.4, 0.5) is 0 Å². The second-order valence-electron chi connectivity index (χ2n) is 5.97. The van der Waals surface area contributed by atoms with Gasteiger partial charge < -0.3 is 15.2 Å². The van der Waals surface area contributed by atoms with Crippen molar-refractivity contribution in [1.82, 2.24) is 0 Å². The van der Waals surface area contributed by atoms with Crippen molar-refractivity contribution in [3.8, 4) is 0 Å². The van der Waals surface area contributed by atoms with Crippen LogP contribution in [0.15, 0.2) is 24.3 Å². The Morgan fingerprint density at radius 1 is 1.20 bits per heavy atom. The summed E-state index contributed by atoms with van der Waals surface area (Å²) in [4.78, 5) is 0. The standard InChI is InChI=1S/C17H25NO2/c18-16(9-3-6-14-7-4-11-19-14)17-15-8-2-1-5-13(15)10-12-20-17/h1-2,5,8,14,16-17H,3-4,6-7,9-12,18H2. The lowest BCUT2D eigenvalue weighted by Gasteiger charge is -2.30. The molecule has 0 aliphatic carbocycles. The Balaban J connectivity index is 1.53. The molecule has 1 aromatic carbocycles. The van der Waals surface area contributed by atoms with Gasteiger partial charge in [0.2, 0.25) is 0 Å². The summed E-state index contributed by atoms with van der Waals surface area (Å²) < 4.78 is 11.6. The first kappa shape index (κ1) is 14.1. The maximum atomic E-state index is 6.38. The predicted molar refractivity (Wildman–Crippen MR) is 79.6 cm³/mol. The van der Waals surface area contributed by atoms with Crippen LogP contribution in [0, 0.1) is 0 Å². The van der Waals surface area contributed by atoms with Crippen molar-refractivity contribution in [3.63, 3.8) is 0 Å². The zero-order valence-electron chi connectivity index (χ0n) is 12.1. The van der Waals surface area contributed by atoms with Gasteiger partial charge >= 0.3 is 0 Å². The van der Waals surface area contributed by atoms with Gasteiger partial charge in [0, 0.05) is 12.6 Å². The van der Waals surface area contributed by atoms with E-state index in [0.717, 1.165) is 38.9 Å². The van der Waals surface area contributed by atoms with Crippen molar-refractivity contribution >= 4 is 0 Å². The average molecular weight is 275 g/mol. The van der Waals surface area contributed by atoms with Crippen molar-refractivity contribution in [1.29, 1.82) is 0 Å². The van der Waals surface area contributed by atoms with Crippen LogP contribution in [0.5, 0.6) is 0 Å². The number of ether oxygens (including phenoxy) is 2. The smallest absolute Gasteiger partial charge is 0.0978 e. The molecule has 1 fully saturated rings. The molecule has 0 spiro atoms. The first-order valence-corrected chi connectivity index (χ1v) is 7.91. The average Bonchev–Trinajstić information content (AvgIpc) is 3.00. The van der Waals surface area contributed by atoms with Gasteiger partial charge in [0.25, 0.3) is 0 Å². The van der Waals surface area contributed by atoms with Gasteiger partial charge in [-0.15, -0.1) is 0 Å². The van der Waals surface area contributed by atoms with Crippen molar-refractivity contribution in [2.45, 2.75) is 56.8 Å². The Labute approximate surface area is 121 Å². The topological polar surface area (TPSA) is 44.5 Å². The third-order valence-electron chi connectivity index (χ3n) is 4.51. The van der Waals surface area contributed by atoms with E-state index in [9.17, 15) is 0 Å². The molecule has 3 atom stereocenters. The molecule has 0 bridgehead atoms. The summed E-state index contributed by atoms with van der Waals surface area (Å²) in [5.41, 5.74) is 9.08. The number of benzene rings is 1. The fourth-order valence-electron chi connectivity index (χ4n) is 3.38. The highest BCUT2D eigenvalue weighted by Crippen LogP contribution is 2.30. The van der Waals surface area contributed by atoms with E-state index in [2.05, 4.69) is 24.3 Å². The van der Waals surface area contributed by atoms with Crippen LogP contribution in [0.2, 0.25) is 0 Å². The zero-order valence-corrected chi connectivity index (χ0v) is 12.1. The normalized spacial score (nSPS) is 27.2. The lowest BCUT2D eigenvalue weighted by Crippen LogP contribution is -2.33. The van der Waals surface area contributed by atoms with Gasteiger partial charge in [-0.2, -0.15) is 0 Å². The number of fused-ring (bicyclic) bond motifs is 1. The third-order valence-corrected chi connectivity index (χ3v) is 4.51. The molecular weight excluding hydrogens is 250 g/mol. The summed E-state index contributed by atoms with van der Waals surface area (Å²) in [5, 5.41) is 0. The van der Waals surface area contributed by atoms with Gasteiger partial charge in [0.1, 0.15) is 0 Å². The lowest BCUT2D eigenvalue weighted by atomic mass is 9.91. The molecular formula is C17H25NO2. The quantitative estimate of drug-likeness (QED) is 0.898. The predicted octanol–water partition coefficient (Wildman–Crippen LogP) is 2.98. The molecule has 0 radical (unpaired) electrons. The van der Waals surface area contributed by atoms with E-state index in [1.54, 1.807) is 0 Å². The molecule has 1 aromatic rings. The van der Waals surface area contributed by atoms with Crippen LogP contribution in [0.1, 0.15) is 49.3 Å². The first-order valence-electron chi connectivity index (χ1n) is 7.91. The third kappa shape index (κ3) is 3.22. The minimum Gasteiger partial charge on any atom is -0.378 e. The van der Waals surface area contributed by atoms with E-state index in [1.165, 1.54) is 24.0 Å². The molecule has 2 aliphatic heterocycles. The van der Waals surface area contributed by atoms with E-state index in [0.29, 0.717) is 6.10 Å². The zero-order chi connectivity index (χ0) is 13.8. The summed E-state index contributed by atoms with van der Waals surface area (Å²) in [7, 11) is 0. The molecule has 0 saturated carbocycles. The van der Waals surface area contributed by atoms with Gasteiger partial charge in [0.15, 0.2) is 0 Å². The van der Waals surface area contributed by atoms with Crippen LogP contribution in [0.3, 0.4) is 0 Å². The summed E-state index contributed by atoms with van der Waals surface area (Å²) >= 11 is 0. The first-order chi connectivity index (χ1) is 9.84. The number of hydrogen-bond donors (Lipinski definition) is 1. The van der Waals surface area contributed by atoms with Crippen molar-refractivity contribution in [2.24, 2.45) is 5.73 Å². The molecule has 2 aliphatic rings. The fraction of sp³-hybridized carbons (Fsp3) is 0.647. The Morgan fingerprint density at radius 3 is 2.95 bits per heavy atom. The van der Waals surface area contributed by atoms with Gasteiger partial charge in [0.05, 0.1) is 18.8 Å². The SMILES string of the molecule is NC(CCCC1CCCO1)C1OCCc2ccccc21. The van der Waals surface area contributed by atoms with E-state index in [-0.39, 0.29) is 12.1 Å². The summed E-state index contributed by atoms with van der Waals surface area (Å²) in [5.74, 6) is 0. The van der Waals surface area contributed by atoms with Gasteiger partial charge in [-0.1, -0.05) is 24.3 Å². The highest BCUT2D eigenvalue weighted by atomic mass is 16.5. The van der Waals surface area contributed by atoms with Gasteiger partial charge in [-0.25, -0.2) is 0 Å². The Hall–Kier alpha value is -0.900. The Kier molecular flexibility index (Phi) is 4.71.